The average Bonchev–Trinajstić information content (AvgIpc) is 2.65. The van der Waals surface area contributed by atoms with Crippen LogP contribution in [0.15, 0.2) is 36.7 Å². The summed E-state index contributed by atoms with van der Waals surface area (Å²) in [6, 6.07) is 6.72. The first-order chi connectivity index (χ1) is 12.2. The Bertz CT molecular complexity index is 658. The van der Waals surface area contributed by atoms with Gasteiger partial charge in [-0.25, -0.2) is 18.7 Å². The molecule has 1 atom stereocenters. The van der Waals surface area contributed by atoms with Gasteiger partial charge in [0.25, 0.3) is 0 Å². The fourth-order valence-corrected chi connectivity index (χ4v) is 3.23. The van der Waals surface area contributed by atoms with Crippen LogP contribution in [0.25, 0.3) is 0 Å². The quantitative estimate of drug-likeness (QED) is 0.869. The van der Waals surface area contributed by atoms with Crippen molar-refractivity contribution in [1.82, 2.24) is 14.9 Å². The van der Waals surface area contributed by atoms with E-state index in [0.29, 0.717) is 12.4 Å². The molecule has 2 aromatic rings. The number of aliphatic hydroxyl groups is 1. The van der Waals surface area contributed by atoms with Crippen molar-refractivity contribution in [2.75, 3.05) is 37.7 Å². The normalized spacial score (nSPS) is 16.8. The van der Waals surface area contributed by atoms with Crippen LogP contribution in [0.3, 0.4) is 0 Å². The standard InChI is InChI=1S/C18H22F2N4O/c19-15-5-3-14(4-6-15)17(2-1-11-25)23-7-9-24(10-8-23)18-21-12-16(20)13-22-18/h3-6,12-13,17,25H,1-2,7-11H2. The van der Waals surface area contributed by atoms with E-state index in [0.717, 1.165) is 38.2 Å². The Labute approximate surface area is 145 Å². The van der Waals surface area contributed by atoms with Gasteiger partial charge in [0.05, 0.1) is 12.4 Å². The van der Waals surface area contributed by atoms with Crippen LogP contribution in [0, 0.1) is 11.6 Å². The van der Waals surface area contributed by atoms with Crippen LogP contribution in [0.4, 0.5) is 14.7 Å². The largest absolute Gasteiger partial charge is 0.396 e. The summed E-state index contributed by atoms with van der Waals surface area (Å²) in [5.41, 5.74) is 1.06. The molecule has 0 saturated carbocycles. The fraction of sp³-hybridized carbons (Fsp3) is 0.444. The molecule has 7 heteroatoms. The van der Waals surface area contributed by atoms with Crippen molar-refractivity contribution in [3.63, 3.8) is 0 Å². The second kappa shape index (κ2) is 8.31. The van der Waals surface area contributed by atoms with Gasteiger partial charge in [-0.3, -0.25) is 4.90 Å². The summed E-state index contributed by atoms with van der Waals surface area (Å²) >= 11 is 0. The minimum absolute atomic E-state index is 0.140. The van der Waals surface area contributed by atoms with Gasteiger partial charge in [0.2, 0.25) is 5.95 Å². The van der Waals surface area contributed by atoms with Gasteiger partial charge in [-0.05, 0) is 30.5 Å². The minimum atomic E-state index is -0.442. The van der Waals surface area contributed by atoms with Gasteiger partial charge in [0.15, 0.2) is 5.82 Å². The molecule has 1 N–H and O–H groups in total. The zero-order chi connectivity index (χ0) is 17.6. The Kier molecular flexibility index (Phi) is 5.88. The molecule has 134 valence electrons. The van der Waals surface area contributed by atoms with Gasteiger partial charge in [0.1, 0.15) is 5.82 Å². The number of piperazine rings is 1. The second-order valence-corrected chi connectivity index (χ2v) is 6.16. The average molecular weight is 348 g/mol. The number of nitrogens with zero attached hydrogens (tertiary/aromatic N) is 4. The van der Waals surface area contributed by atoms with Crippen molar-refractivity contribution >= 4 is 5.95 Å². The van der Waals surface area contributed by atoms with Gasteiger partial charge in [-0.2, -0.15) is 0 Å². The molecule has 2 heterocycles. The van der Waals surface area contributed by atoms with E-state index in [1.807, 2.05) is 17.0 Å². The summed E-state index contributed by atoms with van der Waals surface area (Å²) in [5.74, 6) is -0.152. The first-order valence-electron chi connectivity index (χ1n) is 8.50. The van der Waals surface area contributed by atoms with Crippen LogP contribution in [-0.4, -0.2) is 52.8 Å². The third-order valence-corrected chi connectivity index (χ3v) is 4.54. The predicted molar refractivity (Wildman–Crippen MR) is 91.2 cm³/mol. The molecule has 1 aromatic heterocycles. The van der Waals surface area contributed by atoms with Gasteiger partial charge in [-0.15, -0.1) is 0 Å². The molecule has 0 amide bonds. The minimum Gasteiger partial charge on any atom is -0.396 e. The maximum absolute atomic E-state index is 13.2. The SMILES string of the molecule is OCCCC(c1ccc(F)cc1)N1CCN(c2ncc(F)cn2)CC1. The monoisotopic (exact) mass is 348 g/mol. The van der Waals surface area contributed by atoms with E-state index in [9.17, 15) is 13.9 Å². The summed E-state index contributed by atoms with van der Waals surface area (Å²) in [5, 5.41) is 9.18. The van der Waals surface area contributed by atoms with Gasteiger partial charge in [0, 0.05) is 38.8 Å². The van der Waals surface area contributed by atoms with Crippen LogP contribution >= 0.6 is 0 Å². The lowest BCUT2D eigenvalue weighted by Gasteiger charge is -2.39. The molecule has 1 aliphatic heterocycles. The van der Waals surface area contributed by atoms with Crippen molar-refractivity contribution in [1.29, 1.82) is 0 Å². The molecule has 0 spiro atoms. The molecule has 25 heavy (non-hydrogen) atoms. The number of benzene rings is 1. The van der Waals surface area contributed by atoms with E-state index in [4.69, 9.17) is 0 Å². The molecule has 3 rings (SSSR count). The molecule has 1 unspecified atom stereocenters. The first kappa shape index (κ1) is 17.7. The smallest absolute Gasteiger partial charge is 0.225 e. The van der Waals surface area contributed by atoms with Crippen molar-refractivity contribution in [2.45, 2.75) is 18.9 Å². The molecule has 1 aliphatic rings. The fourth-order valence-electron chi connectivity index (χ4n) is 3.23. The van der Waals surface area contributed by atoms with E-state index < -0.39 is 5.82 Å². The van der Waals surface area contributed by atoms with Crippen molar-refractivity contribution in [2.24, 2.45) is 0 Å². The van der Waals surface area contributed by atoms with Crippen LogP contribution < -0.4 is 4.90 Å². The van der Waals surface area contributed by atoms with Gasteiger partial charge >= 0.3 is 0 Å². The number of aliphatic hydroxyl groups excluding tert-OH is 1. The third kappa shape index (κ3) is 4.49. The van der Waals surface area contributed by atoms with Crippen molar-refractivity contribution < 1.29 is 13.9 Å². The number of hydrogen-bond acceptors (Lipinski definition) is 5. The number of hydrogen-bond donors (Lipinski definition) is 1. The van der Waals surface area contributed by atoms with E-state index in [1.54, 1.807) is 0 Å². The maximum atomic E-state index is 13.2. The molecule has 1 aromatic carbocycles. The molecular weight excluding hydrogens is 326 g/mol. The predicted octanol–water partition coefficient (Wildman–Crippen LogP) is 2.39. The van der Waals surface area contributed by atoms with E-state index in [-0.39, 0.29) is 18.5 Å². The number of anilines is 1. The van der Waals surface area contributed by atoms with Crippen molar-refractivity contribution in [3.05, 3.63) is 53.9 Å². The lowest BCUT2D eigenvalue weighted by molar-refractivity contribution is 0.163. The Hall–Kier alpha value is -2.12. The van der Waals surface area contributed by atoms with Crippen LogP contribution in [0.1, 0.15) is 24.4 Å². The molecule has 0 radical (unpaired) electrons. The Morgan fingerprint density at radius 3 is 2.20 bits per heavy atom. The Morgan fingerprint density at radius 2 is 1.60 bits per heavy atom. The molecule has 0 bridgehead atoms. The zero-order valence-electron chi connectivity index (χ0n) is 14.0. The molecule has 1 fully saturated rings. The summed E-state index contributed by atoms with van der Waals surface area (Å²) < 4.78 is 26.2. The second-order valence-electron chi connectivity index (χ2n) is 6.16. The summed E-state index contributed by atoms with van der Waals surface area (Å²) in [6.45, 7) is 3.22. The lowest BCUT2D eigenvalue weighted by atomic mass is 9.99. The number of halogens is 2. The Morgan fingerprint density at radius 1 is 0.960 bits per heavy atom. The van der Waals surface area contributed by atoms with Crippen LogP contribution in [0.2, 0.25) is 0 Å². The summed E-state index contributed by atoms with van der Waals surface area (Å²) in [6.07, 6.45) is 3.87. The highest BCUT2D eigenvalue weighted by Crippen LogP contribution is 2.27. The van der Waals surface area contributed by atoms with E-state index >= 15 is 0 Å². The molecule has 0 aliphatic carbocycles. The Balaban J connectivity index is 1.67. The first-order valence-corrected chi connectivity index (χ1v) is 8.50. The van der Waals surface area contributed by atoms with E-state index in [1.165, 1.54) is 24.5 Å². The third-order valence-electron chi connectivity index (χ3n) is 4.54. The highest BCUT2D eigenvalue weighted by molar-refractivity contribution is 5.30. The maximum Gasteiger partial charge on any atom is 0.225 e. The molecular formula is C18H22F2N4O. The highest BCUT2D eigenvalue weighted by atomic mass is 19.1. The molecule has 1 saturated heterocycles. The zero-order valence-corrected chi connectivity index (χ0v) is 14.0. The highest BCUT2D eigenvalue weighted by Gasteiger charge is 2.25. The van der Waals surface area contributed by atoms with Gasteiger partial charge < -0.3 is 10.0 Å². The summed E-state index contributed by atoms with van der Waals surface area (Å²) in [4.78, 5) is 12.4. The summed E-state index contributed by atoms with van der Waals surface area (Å²) in [7, 11) is 0. The van der Waals surface area contributed by atoms with Crippen LogP contribution in [-0.2, 0) is 0 Å². The van der Waals surface area contributed by atoms with E-state index in [2.05, 4.69) is 14.9 Å². The van der Waals surface area contributed by atoms with Crippen molar-refractivity contribution in [3.8, 4) is 0 Å². The topological polar surface area (TPSA) is 52.5 Å². The molecule has 5 nitrogen and oxygen atoms in total. The van der Waals surface area contributed by atoms with Gasteiger partial charge in [-0.1, -0.05) is 12.1 Å². The lowest BCUT2D eigenvalue weighted by Crippen LogP contribution is -2.48. The number of aromatic nitrogens is 2. The van der Waals surface area contributed by atoms with Crippen LogP contribution in [0.5, 0.6) is 0 Å². The number of rotatable bonds is 6.